The van der Waals surface area contributed by atoms with Gasteiger partial charge in [0.1, 0.15) is 5.82 Å². The van der Waals surface area contributed by atoms with E-state index in [2.05, 4.69) is 14.8 Å². The molecule has 0 bridgehead atoms. The highest BCUT2D eigenvalue weighted by atomic mass is 16.2. The molecule has 2 fully saturated rings. The molecule has 1 aromatic rings. The molecule has 0 unspecified atom stereocenters. The third-order valence-corrected chi connectivity index (χ3v) is 6.28. The molecule has 1 saturated carbocycles. The predicted octanol–water partition coefficient (Wildman–Crippen LogP) is 1.93. The van der Waals surface area contributed by atoms with Crippen LogP contribution in [-0.4, -0.2) is 56.0 Å². The van der Waals surface area contributed by atoms with Gasteiger partial charge in [-0.1, -0.05) is 19.3 Å². The molecule has 1 saturated heterocycles. The molecule has 2 aliphatic heterocycles. The van der Waals surface area contributed by atoms with Gasteiger partial charge in [0.05, 0.1) is 6.04 Å². The smallest absolute Gasteiger partial charge is 0.225 e. The summed E-state index contributed by atoms with van der Waals surface area (Å²) in [5, 5.41) is 8.83. The standard InChI is InChI=1S/C19H29N5O2/c1-14(25)23-10-5-8-16(23)18-21-20-17-9-11-22(12-13-24(17)18)19(26)15-6-3-2-4-7-15/h15-16H,2-13H2,1H3/t16-/m1/s1. The number of nitrogens with zero attached hydrogens (tertiary/aromatic N) is 5. The van der Waals surface area contributed by atoms with Crippen LogP contribution in [-0.2, 0) is 22.6 Å². The number of aromatic nitrogens is 3. The van der Waals surface area contributed by atoms with Gasteiger partial charge in [0.15, 0.2) is 5.82 Å². The van der Waals surface area contributed by atoms with Gasteiger partial charge in [-0.25, -0.2) is 0 Å². The highest BCUT2D eigenvalue weighted by Gasteiger charge is 2.34. The average Bonchev–Trinajstić information content (AvgIpc) is 3.24. The summed E-state index contributed by atoms with van der Waals surface area (Å²) >= 11 is 0. The summed E-state index contributed by atoms with van der Waals surface area (Å²) in [6.45, 7) is 4.62. The van der Waals surface area contributed by atoms with Gasteiger partial charge in [0.2, 0.25) is 11.8 Å². The Kier molecular flexibility index (Phi) is 4.96. The normalized spacial score (nSPS) is 24.4. The fraction of sp³-hybridized carbons (Fsp3) is 0.789. The molecule has 1 aromatic heterocycles. The summed E-state index contributed by atoms with van der Waals surface area (Å²) in [5.41, 5.74) is 0. The number of hydrogen-bond donors (Lipinski definition) is 0. The molecule has 0 N–H and O–H groups in total. The van der Waals surface area contributed by atoms with Gasteiger partial charge in [-0.3, -0.25) is 9.59 Å². The van der Waals surface area contributed by atoms with Crippen molar-refractivity contribution in [1.82, 2.24) is 24.6 Å². The van der Waals surface area contributed by atoms with E-state index >= 15 is 0 Å². The molecule has 4 rings (SSSR count). The van der Waals surface area contributed by atoms with Crippen LogP contribution in [0.2, 0.25) is 0 Å². The Bertz CT molecular complexity index is 679. The van der Waals surface area contributed by atoms with Gasteiger partial charge in [-0.05, 0) is 25.7 Å². The lowest BCUT2D eigenvalue weighted by Gasteiger charge is -2.28. The topological polar surface area (TPSA) is 71.3 Å². The van der Waals surface area contributed by atoms with Crippen LogP contribution in [0.1, 0.15) is 69.6 Å². The second-order valence-corrected chi connectivity index (χ2v) is 7.91. The Hall–Kier alpha value is -1.92. The second-order valence-electron chi connectivity index (χ2n) is 7.91. The molecule has 0 spiro atoms. The zero-order valence-corrected chi connectivity index (χ0v) is 15.7. The molecular formula is C19H29N5O2. The highest BCUT2D eigenvalue weighted by molar-refractivity contribution is 5.79. The molecule has 0 aromatic carbocycles. The SMILES string of the molecule is CC(=O)N1CCC[C@@H]1c1nnc2n1CCN(C(=O)C1CCCCC1)CC2. The van der Waals surface area contributed by atoms with Gasteiger partial charge < -0.3 is 14.4 Å². The maximum absolute atomic E-state index is 12.9. The van der Waals surface area contributed by atoms with E-state index in [1.54, 1.807) is 6.92 Å². The first-order valence-electron chi connectivity index (χ1n) is 10.1. The van der Waals surface area contributed by atoms with Crippen LogP contribution >= 0.6 is 0 Å². The van der Waals surface area contributed by atoms with E-state index in [1.807, 2.05) is 9.80 Å². The van der Waals surface area contributed by atoms with Crippen LogP contribution in [0.3, 0.4) is 0 Å². The third-order valence-electron chi connectivity index (χ3n) is 6.28. The van der Waals surface area contributed by atoms with E-state index in [0.29, 0.717) is 5.91 Å². The average molecular weight is 359 g/mol. The third kappa shape index (κ3) is 3.23. The number of carbonyl (C=O) groups is 2. The monoisotopic (exact) mass is 359 g/mol. The molecule has 1 atom stereocenters. The van der Waals surface area contributed by atoms with Crippen molar-refractivity contribution >= 4 is 11.8 Å². The van der Waals surface area contributed by atoms with Crippen molar-refractivity contribution in [3.8, 4) is 0 Å². The van der Waals surface area contributed by atoms with E-state index in [1.165, 1.54) is 19.3 Å². The molecule has 0 radical (unpaired) electrons. The van der Waals surface area contributed by atoms with Gasteiger partial charge in [0, 0.05) is 45.4 Å². The Balaban J connectivity index is 1.48. The van der Waals surface area contributed by atoms with Gasteiger partial charge in [0.25, 0.3) is 0 Å². The summed E-state index contributed by atoms with van der Waals surface area (Å²) < 4.78 is 2.17. The number of hydrogen-bond acceptors (Lipinski definition) is 4. The summed E-state index contributed by atoms with van der Waals surface area (Å²) in [6.07, 6.45) is 8.43. The van der Waals surface area contributed by atoms with Crippen LogP contribution < -0.4 is 0 Å². The first-order valence-corrected chi connectivity index (χ1v) is 10.1. The van der Waals surface area contributed by atoms with Crippen LogP contribution in [0.4, 0.5) is 0 Å². The summed E-state index contributed by atoms with van der Waals surface area (Å²) in [5.74, 6) is 2.51. The van der Waals surface area contributed by atoms with E-state index in [4.69, 9.17) is 0 Å². The predicted molar refractivity (Wildman–Crippen MR) is 96.2 cm³/mol. The van der Waals surface area contributed by atoms with Crippen molar-refractivity contribution in [2.45, 2.75) is 70.9 Å². The Morgan fingerprint density at radius 2 is 1.73 bits per heavy atom. The Morgan fingerprint density at radius 3 is 2.50 bits per heavy atom. The molecule has 3 aliphatic rings. The lowest BCUT2D eigenvalue weighted by atomic mass is 9.88. The minimum atomic E-state index is 0.0364. The number of amides is 2. The molecule has 3 heterocycles. The van der Waals surface area contributed by atoms with Crippen molar-refractivity contribution in [3.05, 3.63) is 11.6 Å². The van der Waals surface area contributed by atoms with Crippen LogP contribution in [0.5, 0.6) is 0 Å². The summed E-state index contributed by atoms with van der Waals surface area (Å²) in [4.78, 5) is 28.8. The number of carbonyl (C=O) groups excluding carboxylic acids is 2. The largest absolute Gasteiger partial charge is 0.340 e. The van der Waals surface area contributed by atoms with Crippen molar-refractivity contribution in [2.24, 2.45) is 5.92 Å². The second kappa shape index (κ2) is 7.37. The van der Waals surface area contributed by atoms with Crippen molar-refractivity contribution in [3.63, 3.8) is 0 Å². The zero-order valence-electron chi connectivity index (χ0n) is 15.7. The minimum Gasteiger partial charge on any atom is -0.340 e. The fourth-order valence-corrected chi connectivity index (χ4v) is 4.83. The molecule has 26 heavy (non-hydrogen) atoms. The van der Waals surface area contributed by atoms with Crippen LogP contribution in [0.25, 0.3) is 0 Å². The summed E-state index contributed by atoms with van der Waals surface area (Å²) in [6, 6.07) is 0.0364. The maximum Gasteiger partial charge on any atom is 0.225 e. The molecule has 2 amide bonds. The number of rotatable bonds is 2. The Morgan fingerprint density at radius 1 is 0.923 bits per heavy atom. The quantitative estimate of drug-likeness (QED) is 0.809. The van der Waals surface area contributed by atoms with E-state index in [-0.39, 0.29) is 17.9 Å². The summed E-state index contributed by atoms with van der Waals surface area (Å²) in [7, 11) is 0. The van der Waals surface area contributed by atoms with Gasteiger partial charge in [-0.15, -0.1) is 10.2 Å². The number of likely N-dealkylation sites (tertiary alicyclic amines) is 1. The van der Waals surface area contributed by atoms with E-state index in [0.717, 1.165) is 69.9 Å². The van der Waals surface area contributed by atoms with Crippen LogP contribution in [0.15, 0.2) is 0 Å². The van der Waals surface area contributed by atoms with Crippen molar-refractivity contribution < 1.29 is 9.59 Å². The molecule has 142 valence electrons. The first kappa shape index (κ1) is 17.5. The van der Waals surface area contributed by atoms with Gasteiger partial charge in [-0.2, -0.15) is 0 Å². The number of fused-ring (bicyclic) bond motifs is 1. The van der Waals surface area contributed by atoms with E-state index in [9.17, 15) is 9.59 Å². The molecular weight excluding hydrogens is 330 g/mol. The molecule has 7 heteroatoms. The van der Waals surface area contributed by atoms with E-state index < -0.39 is 0 Å². The lowest BCUT2D eigenvalue weighted by molar-refractivity contribution is -0.136. The van der Waals surface area contributed by atoms with Crippen molar-refractivity contribution in [2.75, 3.05) is 19.6 Å². The van der Waals surface area contributed by atoms with Crippen molar-refractivity contribution in [1.29, 1.82) is 0 Å². The first-order chi connectivity index (χ1) is 12.6. The lowest BCUT2D eigenvalue weighted by Crippen LogP contribution is -2.39. The molecule has 1 aliphatic carbocycles. The molecule has 7 nitrogen and oxygen atoms in total. The zero-order chi connectivity index (χ0) is 18.1. The Labute approximate surface area is 154 Å². The fourth-order valence-electron chi connectivity index (χ4n) is 4.83. The maximum atomic E-state index is 12.9. The van der Waals surface area contributed by atoms with Crippen LogP contribution in [0, 0.1) is 5.92 Å². The highest BCUT2D eigenvalue weighted by Crippen LogP contribution is 2.32. The minimum absolute atomic E-state index is 0.0364. The van der Waals surface area contributed by atoms with Gasteiger partial charge >= 0.3 is 0 Å².